The largest absolute Gasteiger partial charge is 0.457 e. The van der Waals surface area contributed by atoms with E-state index in [-0.39, 0.29) is 12.4 Å². The maximum absolute atomic E-state index is 12.0. The summed E-state index contributed by atoms with van der Waals surface area (Å²) < 4.78 is 4.74. The van der Waals surface area contributed by atoms with Crippen molar-refractivity contribution in [3.63, 3.8) is 0 Å². The van der Waals surface area contributed by atoms with Crippen LogP contribution in [0.15, 0.2) is 48.6 Å². The first kappa shape index (κ1) is 14.9. The summed E-state index contributed by atoms with van der Waals surface area (Å²) in [5.74, 6) is -0.652. The van der Waals surface area contributed by atoms with E-state index < -0.39 is 5.97 Å². The number of carbonyl (C=O) groups is 2. The molecule has 0 aromatic heterocycles. The number of ether oxygens (including phenoxy) is 1. The van der Waals surface area contributed by atoms with Crippen LogP contribution in [0.25, 0.3) is 0 Å². The molecule has 0 saturated carbocycles. The van der Waals surface area contributed by atoms with Gasteiger partial charge in [0, 0.05) is 18.9 Å². The molecule has 0 aliphatic rings. The summed E-state index contributed by atoms with van der Waals surface area (Å²) in [6.07, 6.45) is 3.75. The molecule has 1 rings (SSSR count). The quantitative estimate of drug-likeness (QED) is 0.447. The molecule has 0 amide bonds. The first-order chi connectivity index (χ1) is 9.04. The molecule has 0 unspecified atom stereocenters. The number of hydrogen-bond acceptors (Lipinski definition) is 3. The van der Waals surface area contributed by atoms with Gasteiger partial charge in [0.2, 0.25) is 0 Å². The Labute approximate surface area is 113 Å². The molecule has 0 saturated heterocycles. The van der Waals surface area contributed by atoms with E-state index in [1.807, 2.05) is 31.2 Å². The standard InChI is InChI=1S/C16H18O3/c1-4-7-15(16(18)11-19-13(3)17)10-14-9-6-5-8-12(14)2/h4-9H,1,10-11H2,2-3H3/b15-7+. The number of carbonyl (C=O) groups excluding carboxylic acids is 2. The minimum Gasteiger partial charge on any atom is -0.457 e. The van der Waals surface area contributed by atoms with Gasteiger partial charge in [-0.1, -0.05) is 43.0 Å². The van der Waals surface area contributed by atoms with Gasteiger partial charge in [-0.15, -0.1) is 0 Å². The molecule has 1 aromatic carbocycles. The van der Waals surface area contributed by atoms with E-state index in [2.05, 4.69) is 6.58 Å². The Hall–Kier alpha value is -2.16. The van der Waals surface area contributed by atoms with Crippen LogP contribution in [-0.2, 0) is 20.7 Å². The highest BCUT2D eigenvalue weighted by Crippen LogP contribution is 2.14. The van der Waals surface area contributed by atoms with Gasteiger partial charge in [0.25, 0.3) is 0 Å². The molecule has 0 N–H and O–H groups in total. The third-order valence-corrected chi connectivity index (χ3v) is 2.73. The van der Waals surface area contributed by atoms with E-state index in [1.165, 1.54) is 6.92 Å². The van der Waals surface area contributed by atoms with Crippen LogP contribution < -0.4 is 0 Å². The van der Waals surface area contributed by atoms with E-state index in [4.69, 9.17) is 4.74 Å². The smallest absolute Gasteiger partial charge is 0.303 e. The number of esters is 1. The van der Waals surface area contributed by atoms with Crippen molar-refractivity contribution < 1.29 is 14.3 Å². The van der Waals surface area contributed by atoms with E-state index in [0.29, 0.717) is 12.0 Å². The topological polar surface area (TPSA) is 43.4 Å². The number of aryl methyl sites for hydroxylation is 1. The van der Waals surface area contributed by atoms with Crippen LogP contribution in [0.3, 0.4) is 0 Å². The fourth-order valence-electron chi connectivity index (χ4n) is 1.67. The van der Waals surface area contributed by atoms with Crippen LogP contribution in [0.2, 0.25) is 0 Å². The summed E-state index contributed by atoms with van der Waals surface area (Å²) in [4.78, 5) is 22.7. The fourth-order valence-corrected chi connectivity index (χ4v) is 1.67. The maximum atomic E-state index is 12.0. The van der Waals surface area contributed by atoms with Crippen LogP contribution in [0.1, 0.15) is 18.1 Å². The number of ketones is 1. The molecular formula is C16H18O3. The van der Waals surface area contributed by atoms with Crippen LogP contribution in [0.4, 0.5) is 0 Å². The molecule has 0 aliphatic heterocycles. The Kier molecular flexibility index (Phi) is 5.73. The zero-order valence-corrected chi connectivity index (χ0v) is 11.3. The molecule has 0 heterocycles. The number of rotatable bonds is 6. The Morgan fingerprint density at radius 2 is 2.00 bits per heavy atom. The maximum Gasteiger partial charge on any atom is 0.303 e. The molecule has 3 heteroatoms. The summed E-state index contributed by atoms with van der Waals surface area (Å²) in [7, 11) is 0. The Bertz CT molecular complexity index is 512. The van der Waals surface area contributed by atoms with Crippen molar-refractivity contribution in [2.45, 2.75) is 20.3 Å². The van der Waals surface area contributed by atoms with Gasteiger partial charge in [0.1, 0.15) is 0 Å². The average molecular weight is 258 g/mol. The molecule has 0 radical (unpaired) electrons. The molecule has 100 valence electrons. The van der Waals surface area contributed by atoms with E-state index in [9.17, 15) is 9.59 Å². The molecule has 0 fully saturated rings. The molecule has 1 aromatic rings. The molecule has 0 atom stereocenters. The highest BCUT2D eigenvalue weighted by atomic mass is 16.5. The Morgan fingerprint density at radius 1 is 1.32 bits per heavy atom. The zero-order valence-electron chi connectivity index (χ0n) is 11.3. The van der Waals surface area contributed by atoms with Gasteiger partial charge in [-0.05, 0) is 18.1 Å². The van der Waals surface area contributed by atoms with Crippen LogP contribution in [-0.4, -0.2) is 18.4 Å². The average Bonchev–Trinajstić information content (AvgIpc) is 2.38. The minimum atomic E-state index is -0.456. The minimum absolute atomic E-state index is 0.196. The molecular weight excluding hydrogens is 240 g/mol. The molecule has 0 aliphatic carbocycles. The van der Waals surface area contributed by atoms with Gasteiger partial charge in [-0.3, -0.25) is 9.59 Å². The molecule has 0 spiro atoms. The van der Waals surface area contributed by atoms with Gasteiger partial charge in [0.05, 0.1) is 0 Å². The highest BCUT2D eigenvalue weighted by molar-refractivity contribution is 5.97. The summed E-state index contributed by atoms with van der Waals surface area (Å²) in [5, 5.41) is 0. The number of allylic oxidation sites excluding steroid dienone is 2. The summed E-state index contributed by atoms with van der Waals surface area (Å²) >= 11 is 0. The molecule has 3 nitrogen and oxygen atoms in total. The van der Waals surface area contributed by atoms with Gasteiger partial charge in [-0.2, -0.15) is 0 Å². The first-order valence-electron chi connectivity index (χ1n) is 6.07. The SMILES string of the molecule is C=C/C=C(\Cc1ccccc1C)C(=O)COC(C)=O. The van der Waals surface area contributed by atoms with Crippen molar-refractivity contribution in [1.29, 1.82) is 0 Å². The van der Waals surface area contributed by atoms with E-state index in [1.54, 1.807) is 12.2 Å². The predicted molar refractivity (Wildman–Crippen MR) is 74.8 cm³/mol. The second-order valence-electron chi connectivity index (χ2n) is 4.23. The Morgan fingerprint density at radius 3 is 2.58 bits per heavy atom. The van der Waals surface area contributed by atoms with Gasteiger partial charge in [0.15, 0.2) is 12.4 Å². The first-order valence-corrected chi connectivity index (χ1v) is 6.07. The van der Waals surface area contributed by atoms with E-state index >= 15 is 0 Å². The van der Waals surface area contributed by atoms with Gasteiger partial charge in [-0.25, -0.2) is 0 Å². The summed E-state index contributed by atoms with van der Waals surface area (Å²) in [6.45, 7) is 6.67. The lowest BCUT2D eigenvalue weighted by molar-refractivity contribution is -0.144. The van der Waals surface area contributed by atoms with Crippen LogP contribution in [0, 0.1) is 6.92 Å². The van der Waals surface area contributed by atoms with Crippen molar-refractivity contribution >= 4 is 11.8 Å². The lowest BCUT2D eigenvalue weighted by Crippen LogP contribution is -2.15. The monoisotopic (exact) mass is 258 g/mol. The molecule has 19 heavy (non-hydrogen) atoms. The number of Topliss-reactive ketones (excluding diaryl/α,β-unsaturated/α-hetero) is 1. The lowest BCUT2D eigenvalue weighted by Gasteiger charge is -2.09. The van der Waals surface area contributed by atoms with Gasteiger partial charge < -0.3 is 4.74 Å². The van der Waals surface area contributed by atoms with Crippen molar-refractivity contribution in [3.05, 3.63) is 59.7 Å². The highest BCUT2D eigenvalue weighted by Gasteiger charge is 2.12. The van der Waals surface area contributed by atoms with Crippen molar-refractivity contribution in [2.75, 3.05) is 6.61 Å². The van der Waals surface area contributed by atoms with Gasteiger partial charge >= 0.3 is 5.97 Å². The van der Waals surface area contributed by atoms with Crippen LogP contribution >= 0.6 is 0 Å². The van der Waals surface area contributed by atoms with Crippen LogP contribution in [0.5, 0.6) is 0 Å². The number of benzene rings is 1. The fraction of sp³-hybridized carbons (Fsp3) is 0.250. The predicted octanol–water partition coefficient (Wildman–Crippen LogP) is 2.78. The molecule has 0 bridgehead atoms. The van der Waals surface area contributed by atoms with Crippen molar-refractivity contribution in [2.24, 2.45) is 0 Å². The third kappa shape index (κ3) is 4.92. The summed E-state index contributed by atoms with van der Waals surface area (Å²) in [5.41, 5.74) is 2.79. The lowest BCUT2D eigenvalue weighted by atomic mass is 9.98. The second-order valence-corrected chi connectivity index (χ2v) is 4.23. The number of hydrogen-bond donors (Lipinski definition) is 0. The Balaban J connectivity index is 2.82. The van der Waals surface area contributed by atoms with E-state index in [0.717, 1.165) is 11.1 Å². The zero-order chi connectivity index (χ0) is 14.3. The summed E-state index contributed by atoms with van der Waals surface area (Å²) in [6, 6.07) is 7.86. The second kappa shape index (κ2) is 7.31. The van der Waals surface area contributed by atoms with Crippen molar-refractivity contribution in [3.8, 4) is 0 Å². The third-order valence-electron chi connectivity index (χ3n) is 2.73. The van der Waals surface area contributed by atoms with Crippen molar-refractivity contribution in [1.82, 2.24) is 0 Å². The normalized spacial score (nSPS) is 10.9.